The van der Waals surface area contributed by atoms with Gasteiger partial charge in [0.1, 0.15) is 0 Å². The summed E-state index contributed by atoms with van der Waals surface area (Å²) in [7, 11) is 0. The molecule has 0 saturated carbocycles. The molecule has 5 heterocycles. The second-order valence-corrected chi connectivity index (χ2v) is 15.2. The van der Waals surface area contributed by atoms with Gasteiger partial charge in [-0.15, -0.1) is 0 Å². The second kappa shape index (κ2) is 11.8. The van der Waals surface area contributed by atoms with E-state index in [2.05, 4.69) is 137 Å². The molecule has 0 aliphatic carbocycles. The first-order valence-corrected chi connectivity index (χ1v) is 17.7. The van der Waals surface area contributed by atoms with Crippen molar-refractivity contribution in [1.82, 2.24) is 19.9 Å². The number of aromatic nitrogens is 4. The van der Waals surface area contributed by atoms with Crippen LogP contribution < -0.4 is 0 Å². The topological polar surface area (TPSA) is 57.4 Å². The summed E-state index contributed by atoms with van der Waals surface area (Å²) in [5.74, 6) is -10.3. The van der Waals surface area contributed by atoms with Crippen LogP contribution in [0.15, 0.2) is 36.1 Å². The predicted molar refractivity (Wildman–Crippen MR) is 186 cm³/mol. The van der Waals surface area contributed by atoms with Crippen LogP contribution >= 0.6 is 127 Å². The van der Waals surface area contributed by atoms with Gasteiger partial charge in [-0.25, -0.2) is 31.9 Å². The third-order valence-electron chi connectivity index (χ3n) is 6.39. The van der Waals surface area contributed by atoms with Crippen molar-refractivity contribution in [3.05, 3.63) is 88.0 Å². The molecule has 2 aliphatic heterocycles. The minimum Gasteiger partial charge on any atom is -0.354 e. The van der Waals surface area contributed by atoms with Crippen LogP contribution in [-0.4, -0.2) is 19.9 Å². The van der Waals surface area contributed by atoms with Crippen LogP contribution in [0.3, 0.4) is 0 Å². The standard InChI is InChI=1S/C26H5Br8F5N4/c27-9-5-2-1-4(40-5)3-6-7(8-17(35)19(37)21(39)20(38)18(8)36)10(28)23(41-6)15(33)24-13(31)14(32)26(43-24)16(34)25-12(30)11(29)22(9)42-25/h1-3,40-41H. The third kappa shape index (κ3) is 5.06. The van der Waals surface area contributed by atoms with E-state index in [0.29, 0.717) is 65.2 Å². The third-order valence-corrected chi connectivity index (χ3v) is 13.7. The number of hydrogen-bond acceptors (Lipinski definition) is 2. The molecule has 17 heteroatoms. The normalized spacial score (nSPS) is 13.5. The van der Waals surface area contributed by atoms with Crippen molar-refractivity contribution in [2.75, 3.05) is 0 Å². The lowest BCUT2D eigenvalue weighted by atomic mass is 10.0. The molecule has 43 heavy (non-hydrogen) atoms. The van der Waals surface area contributed by atoms with E-state index in [9.17, 15) is 13.2 Å². The van der Waals surface area contributed by atoms with Crippen molar-refractivity contribution in [3.63, 3.8) is 0 Å². The van der Waals surface area contributed by atoms with Gasteiger partial charge < -0.3 is 9.97 Å². The van der Waals surface area contributed by atoms with E-state index in [1.165, 1.54) is 6.07 Å². The lowest BCUT2D eigenvalue weighted by molar-refractivity contribution is 0.381. The average molecular weight is 1110 g/mol. The van der Waals surface area contributed by atoms with Crippen molar-refractivity contribution in [2.24, 2.45) is 0 Å². The molecular weight excluding hydrogens is 1100 g/mol. The zero-order valence-corrected chi connectivity index (χ0v) is 32.7. The van der Waals surface area contributed by atoms with Gasteiger partial charge in [-0.3, -0.25) is 0 Å². The number of hydrogen-bond donors (Lipinski definition) is 2. The van der Waals surface area contributed by atoms with E-state index < -0.39 is 34.6 Å². The van der Waals surface area contributed by atoms with E-state index in [4.69, 9.17) is 9.97 Å². The fraction of sp³-hybridized carbons (Fsp3) is 0. The number of fused-ring (bicyclic) bond motifs is 8. The van der Waals surface area contributed by atoms with Crippen LogP contribution in [0, 0.1) is 29.1 Å². The molecule has 8 bridgehead atoms. The first-order valence-electron chi connectivity index (χ1n) is 11.3. The summed E-state index contributed by atoms with van der Waals surface area (Å²) in [4.78, 5) is 15.8. The van der Waals surface area contributed by atoms with Gasteiger partial charge in [0.05, 0.1) is 75.2 Å². The molecule has 0 unspecified atom stereocenters. The molecular formula is C26H5Br8F5N4. The minimum atomic E-state index is -2.25. The van der Waals surface area contributed by atoms with E-state index in [1.807, 2.05) is 0 Å². The molecule has 0 saturated heterocycles. The highest BCUT2D eigenvalue weighted by molar-refractivity contribution is 9.19. The molecule has 0 spiro atoms. The van der Waals surface area contributed by atoms with Crippen molar-refractivity contribution in [2.45, 2.75) is 0 Å². The van der Waals surface area contributed by atoms with Crippen LogP contribution in [0.5, 0.6) is 0 Å². The largest absolute Gasteiger partial charge is 0.354 e. The molecule has 0 radical (unpaired) electrons. The quantitative estimate of drug-likeness (QED) is 0.113. The summed E-state index contributed by atoms with van der Waals surface area (Å²) in [5, 5.41) is 0. The zero-order chi connectivity index (χ0) is 31.2. The fourth-order valence-electron chi connectivity index (χ4n) is 4.38. The maximum Gasteiger partial charge on any atom is 0.200 e. The summed E-state index contributed by atoms with van der Waals surface area (Å²) in [6.07, 6.45) is 0. The van der Waals surface area contributed by atoms with E-state index in [0.717, 1.165) is 0 Å². The Hall–Kier alpha value is -0.690. The van der Waals surface area contributed by atoms with Gasteiger partial charge in [0.2, 0.25) is 5.82 Å². The van der Waals surface area contributed by atoms with Crippen LogP contribution in [0.25, 0.3) is 51.1 Å². The van der Waals surface area contributed by atoms with Crippen LogP contribution in [0.4, 0.5) is 22.0 Å². The van der Waals surface area contributed by atoms with Crippen LogP contribution in [0.1, 0.15) is 22.8 Å². The smallest absolute Gasteiger partial charge is 0.200 e. The Morgan fingerprint density at radius 2 is 0.930 bits per heavy atom. The number of nitrogens with zero attached hydrogens (tertiary/aromatic N) is 2. The summed E-state index contributed by atoms with van der Waals surface area (Å²) in [6.45, 7) is 0. The number of benzene rings is 1. The van der Waals surface area contributed by atoms with Crippen molar-refractivity contribution in [1.29, 1.82) is 0 Å². The number of aromatic amines is 2. The SMILES string of the molecule is Fc1c(F)c(F)c(-c2c(Br)c3[nH]c2cc2ccc([nH]2)c(Br)c2nc(c(Br)c4nc(c3Br)C(Br)=C4Br)C(Br)=C2Br)c(F)c1F. The first-order chi connectivity index (χ1) is 20.2. The van der Waals surface area contributed by atoms with Gasteiger partial charge in [-0.2, -0.15) is 0 Å². The fourth-order valence-corrected chi connectivity index (χ4v) is 9.99. The van der Waals surface area contributed by atoms with Crippen molar-refractivity contribution in [3.8, 4) is 11.1 Å². The Labute approximate surface area is 305 Å². The molecule has 0 fully saturated rings. The summed E-state index contributed by atoms with van der Waals surface area (Å²) in [6, 6.07) is 4.89. The Morgan fingerprint density at radius 1 is 0.465 bits per heavy atom. The second-order valence-electron chi connectivity index (χ2n) is 8.84. The summed E-state index contributed by atoms with van der Waals surface area (Å²) < 4.78 is 76.9. The molecule has 1 aromatic carbocycles. The zero-order valence-electron chi connectivity index (χ0n) is 20.0. The van der Waals surface area contributed by atoms with Gasteiger partial charge in [-0.05, 0) is 146 Å². The van der Waals surface area contributed by atoms with Crippen molar-refractivity contribution < 1.29 is 22.0 Å². The summed E-state index contributed by atoms with van der Waals surface area (Å²) in [5.41, 5.74) is 1.74. The van der Waals surface area contributed by atoms with Gasteiger partial charge in [-0.1, -0.05) is 0 Å². The Balaban J connectivity index is 1.87. The van der Waals surface area contributed by atoms with Gasteiger partial charge in [0, 0.05) is 16.6 Å². The highest BCUT2D eigenvalue weighted by atomic mass is 79.9. The Bertz CT molecular complexity index is 2160. The first kappa shape index (κ1) is 32.3. The monoisotopic (exact) mass is 1100 g/mol. The Morgan fingerprint density at radius 3 is 1.47 bits per heavy atom. The van der Waals surface area contributed by atoms with Gasteiger partial charge >= 0.3 is 0 Å². The van der Waals surface area contributed by atoms with Crippen molar-refractivity contribution >= 4 is 167 Å². The molecule has 2 N–H and O–H groups in total. The molecule has 4 aromatic rings. The van der Waals surface area contributed by atoms with E-state index >= 15 is 8.78 Å². The molecule has 6 rings (SSSR count). The van der Waals surface area contributed by atoms with Gasteiger partial charge in [0.25, 0.3) is 0 Å². The van der Waals surface area contributed by atoms with Crippen LogP contribution in [-0.2, 0) is 0 Å². The number of halogens is 13. The lowest BCUT2D eigenvalue weighted by Gasteiger charge is -2.08. The molecule has 0 amide bonds. The lowest BCUT2D eigenvalue weighted by Crippen LogP contribution is -2.04. The predicted octanol–water partition coefficient (Wildman–Crippen LogP) is 13.0. The number of H-pyrrole nitrogens is 2. The van der Waals surface area contributed by atoms with Crippen LogP contribution in [0.2, 0.25) is 0 Å². The highest BCUT2D eigenvalue weighted by Crippen LogP contribution is 2.50. The molecule has 220 valence electrons. The molecule has 0 atom stereocenters. The number of nitrogens with one attached hydrogen (secondary N) is 2. The highest BCUT2D eigenvalue weighted by Gasteiger charge is 2.31. The van der Waals surface area contributed by atoms with Gasteiger partial charge in [0.15, 0.2) is 23.3 Å². The average Bonchev–Trinajstić information content (AvgIpc) is 3.72. The molecule has 2 aliphatic rings. The number of rotatable bonds is 1. The maximum absolute atomic E-state index is 15.2. The Kier molecular flexibility index (Phi) is 8.88. The molecule has 4 nitrogen and oxygen atoms in total. The minimum absolute atomic E-state index is 0.0156. The van der Waals surface area contributed by atoms with E-state index in [-0.39, 0.29) is 21.1 Å². The maximum atomic E-state index is 15.2. The summed E-state index contributed by atoms with van der Waals surface area (Å²) >= 11 is 28.4. The van der Waals surface area contributed by atoms with E-state index in [1.54, 1.807) is 12.1 Å². The molecule has 3 aromatic heterocycles.